The lowest BCUT2D eigenvalue weighted by Gasteiger charge is -2.30. The van der Waals surface area contributed by atoms with Gasteiger partial charge in [0.1, 0.15) is 12.0 Å². The fourth-order valence-electron chi connectivity index (χ4n) is 3.08. The van der Waals surface area contributed by atoms with Crippen molar-refractivity contribution in [2.24, 2.45) is 0 Å². The molecule has 1 aliphatic rings. The molecule has 1 aromatic rings. The number of hydrogen-bond donors (Lipinski definition) is 1. The maximum absolute atomic E-state index is 13.6. The fraction of sp³-hybridized carbons (Fsp3) is 0.588. The number of nitrogens with zero attached hydrogens (tertiary/aromatic N) is 1. The van der Waals surface area contributed by atoms with Crippen molar-refractivity contribution < 1.29 is 13.6 Å². The number of carbonyl (C=O) groups is 1. The van der Waals surface area contributed by atoms with E-state index in [1.807, 2.05) is 13.8 Å². The van der Waals surface area contributed by atoms with Crippen LogP contribution in [0.1, 0.15) is 32.3 Å². The molecule has 0 saturated carbocycles. The highest BCUT2D eigenvalue weighted by Crippen LogP contribution is 2.30. The van der Waals surface area contributed by atoms with Gasteiger partial charge in [-0.05, 0) is 30.2 Å². The van der Waals surface area contributed by atoms with Gasteiger partial charge in [0.15, 0.2) is 0 Å². The zero-order chi connectivity index (χ0) is 16.3. The minimum atomic E-state index is -0.948. The number of carbonyl (C=O) groups excluding carboxylic acids is 1. The summed E-state index contributed by atoms with van der Waals surface area (Å²) < 4.78 is 26.7. The first-order chi connectivity index (χ1) is 10.3. The van der Waals surface area contributed by atoms with E-state index >= 15 is 0 Å². The van der Waals surface area contributed by atoms with Gasteiger partial charge in [-0.25, -0.2) is 8.78 Å². The number of likely N-dealkylation sites (N-methyl/N-ethyl adjacent to an activating group) is 1. The Labute approximate surface area is 130 Å². The Morgan fingerprint density at radius 3 is 2.59 bits per heavy atom. The van der Waals surface area contributed by atoms with Crippen molar-refractivity contribution in [2.75, 3.05) is 20.1 Å². The maximum Gasteiger partial charge on any atom is 0.223 e. The van der Waals surface area contributed by atoms with Gasteiger partial charge < -0.3 is 10.2 Å². The van der Waals surface area contributed by atoms with Crippen LogP contribution in [-0.2, 0) is 10.2 Å². The molecule has 5 heteroatoms. The number of likely N-dealkylation sites (tertiary alicyclic amines) is 1. The third kappa shape index (κ3) is 3.83. The average Bonchev–Trinajstić information content (AvgIpc) is 2.80. The molecule has 2 atom stereocenters. The second-order valence-corrected chi connectivity index (χ2v) is 6.66. The summed E-state index contributed by atoms with van der Waals surface area (Å²) in [5, 5.41) is 3.01. The molecule has 1 amide bonds. The molecule has 1 saturated heterocycles. The lowest BCUT2D eigenvalue weighted by molar-refractivity contribution is -0.133. The van der Waals surface area contributed by atoms with Crippen molar-refractivity contribution in [3.8, 4) is 0 Å². The molecule has 3 nitrogen and oxygen atoms in total. The Bertz CT molecular complexity index is 516. The van der Waals surface area contributed by atoms with Crippen molar-refractivity contribution in [3.63, 3.8) is 0 Å². The van der Waals surface area contributed by atoms with E-state index < -0.39 is 11.6 Å². The SMILES string of the molecule is CNC[C@@H]1C[C@H](F)CN1C(=O)CC(C)(C)c1ccc(F)cc1. The topological polar surface area (TPSA) is 32.3 Å². The van der Waals surface area contributed by atoms with Crippen molar-refractivity contribution in [1.82, 2.24) is 10.2 Å². The second-order valence-electron chi connectivity index (χ2n) is 6.66. The summed E-state index contributed by atoms with van der Waals surface area (Å²) in [7, 11) is 1.80. The van der Waals surface area contributed by atoms with E-state index in [1.54, 1.807) is 24.1 Å². The zero-order valence-electron chi connectivity index (χ0n) is 13.4. The van der Waals surface area contributed by atoms with Crippen LogP contribution in [-0.4, -0.2) is 43.2 Å². The zero-order valence-corrected chi connectivity index (χ0v) is 13.4. The quantitative estimate of drug-likeness (QED) is 0.907. The summed E-state index contributed by atoms with van der Waals surface area (Å²) in [6.45, 7) is 4.68. The molecule has 22 heavy (non-hydrogen) atoms. The Morgan fingerprint density at radius 2 is 2.00 bits per heavy atom. The van der Waals surface area contributed by atoms with Gasteiger partial charge in [-0.15, -0.1) is 0 Å². The van der Waals surface area contributed by atoms with Gasteiger partial charge in [0.2, 0.25) is 5.91 Å². The molecule has 2 rings (SSSR count). The van der Waals surface area contributed by atoms with Crippen molar-refractivity contribution in [3.05, 3.63) is 35.6 Å². The first-order valence-electron chi connectivity index (χ1n) is 7.67. The summed E-state index contributed by atoms with van der Waals surface area (Å²) in [5.41, 5.74) is 0.493. The number of nitrogens with one attached hydrogen (secondary N) is 1. The van der Waals surface area contributed by atoms with E-state index in [9.17, 15) is 13.6 Å². The number of amides is 1. The number of rotatable bonds is 5. The Hall–Kier alpha value is -1.49. The van der Waals surface area contributed by atoms with Crippen LogP contribution in [0.4, 0.5) is 8.78 Å². The van der Waals surface area contributed by atoms with Gasteiger partial charge in [0.25, 0.3) is 0 Å². The molecule has 1 aromatic carbocycles. The molecule has 1 heterocycles. The van der Waals surface area contributed by atoms with E-state index in [1.165, 1.54) is 12.1 Å². The highest BCUT2D eigenvalue weighted by atomic mass is 19.1. The highest BCUT2D eigenvalue weighted by Gasteiger charge is 2.37. The lowest BCUT2D eigenvalue weighted by atomic mass is 9.81. The molecule has 0 aliphatic carbocycles. The minimum absolute atomic E-state index is 0.0466. The van der Waals surface area contributed by atoms with Gasteiger partial charge in [-0.2, -0.15) is 0 Å². The third-order valence-corrected chi connectivity index (χ3v) is 4.34. The number of alkyl halides is 1. The van der Waals surface area contributed by atoms with Gasteiger partial charge in [0.05, 0.1) is 6.54 Å². The van der Waals surface area contributed by atoms with Crippen LogP contribution in [0.25, 0.3) is 0 Å². The molecular weight excluding hydrogens is 286 g/mol. The Kier molecular flexibility index (Phi) is 5.16. The van der Waals surface area contributed by atoms with Crippen LogP contribution < -0.4 is 5.32 Å². The number of hydrogen-bond acceptors (Lipinski definition) is 2. The van der Waals surface area contributed by atoms with Crippen molar-refractivity contribution in [1.29, 1.82) is 0 Å². The third-order valence-electron chi connectivity index (χ3n) is 4.34. The standard InChI is InChI=1S/C17H24F2N2O/c1-17(2,12-4-6-13(18)7-5-12)9-16(22)21-11-14(19)8-15(21)10-20-3/h4-7,14-15,20H,8-11H2,1-3H3/t14-,15-/m0/s1. The van der Waals surface area contributed by atoms with Crippen LogP contribution >= 0.6 is 0 Å². The summed E-state index contributed by atoms with van der Waals surface area (Å²) >= 11 is 0. The molecule has 1 fully saturated rings. The van der Waals surface area contributed by atoms with Crippen LogP contribution in [0.15, 0.2) is 24.3 Å². The van der Waals surface area contributed by atoms with E-state index in [0.717, 1.165) is 5.56 Å². The largest absolute Gasteiger partial charge is 0.335 e. The van der Waals surface area contributed by atoms with E-state index in [2.05, 4.69) is 5.32 Å². The van der Waals surface area contributed by atoms with Crippen LogP contribution in [0, 0.1) is 5.82 Å². The molecule has 0 bridgehead atoms. The lowest BCUT2D eigenvalue weighted by Crippen LogP contribution is -2.43. The molecule has 0 spiro atoms. The monoisotopic (exact) mass is 310 g/mol. The molecule has 122 valence electrons. The first-order valence-corrected chi connectivity index (χ1v) is 7.67. The van der Waals surface area contributed by atoms with E-state index in [-0.39, 0.29) is 30.7 Å². The van der Waals surface area contributed by atoms with Gasteiger partial charge in [-0.3, -0.25) is 4.79 Å². The Morgan fingerprint density at radius 1 is 1.36 bits per heavy atom. The molecule has 1 aliphatic heterocycles. The van der Waals surface area contributed by atoms with Crippen molar-refractivity contribution in [2.45, 2.75) is 44.3 Å². The van der Waals surface area contributed by atoms with E-state index in [0.29, 0.717) is 13.0 Å². The number of benzene rings is 1. The number of halogens is 2. The molecule has 0 radical (unpaired) electrons. The smallest absolute Gasteiger partial charge is 0.223 e. The van der Waals surface area contributed by atoms with Crippen LogP contribution in [0.5, 0.6) is 0 Å². The summed E-state index contributed by atoms with van der Waals surface area (Å²) in [6, 6.07) is 6.12. The average molecular weight is 310 g/mol. The van der Waals surface area contributed by atoms with Crippen molar-refractivity contribution >= 4 is 5.91 Å². The maximum atomic E-state index is 13.6. The molecule has 1 N–H and O–H groups in total. The highest BCUT2D eigenvalue weighted by molar-refractivity contribution is 5.78. The summed E-state index contributed by atoms with van der Waals surface area (Å²) in [4.78, 5) is 14.2. The second kappa shape index (κ2) is 6.73. The van der Waals surface area contributed by atoms with Gasteiger partial charge >= 0.3 is 0 Å². The first kappa shape index (κ1) is 16.9. The van der Waals surface area contributed by atoms with Gasteiger partial charge in [0, 0.05) is 25.4 Å². The van der Waals surface area contributed by atoms with Gasteiger partial charge in [-0.1, -0.05) is 26.0 Å². The predicted octanol–water partition coefficient (Wildman–Crippen LogP) is 2.65. The summed E-state index contributed by atoms with van der Waals surface area (Å²) in [5.74, 6) is -0.338. The predicted molar refractivity (Wildman–Crippen MR) is 83.0 cm³/mol. The molecule has 0 unspecified atom stereocenters. The molecular formula is C17H24F2N2O. The molecule has 0 aromatic heterocycles. The van der Waals surface area contributed by atoms with Crippen LogP contribution in [0.2, 0.25) is 0 Å². The summed E-state index contributed by atoms with van der Waals surface area (Å²) in [6.07, 6.45) is -0.272. The minimum Gasteiger partial charge on any atom is -0.335 e. The normalized spacial score (nSPS) is 22.1. The van der Waals surface area contributed by atoms with Crippen LogP contribution in [0.3, 0.4) is 0 Å². The Balaban J connectivity index is 2.08. The van der Waals surface area contributed by atoms with E-state index in [4.69, 9.17) is 0 Å². The fourth-order valence-corrected chi connectivity index (χ4v) is 3.08.